The van der Waals surface area contributed by atoms with Crippen molar-refractivity contribution < 1.29 is 4.79 Å². The van der Waals surface area contributed by atoms with Gasteiger partial charge in [0.2, 0.25) is 0 Å². The Hall–Kier alpha value is -1.66. The average molecular weight is 304 g/mol. The number of piperidine rings is 1. The second-order valence-corrected chi connectivity index (χ2v) is 6.75. The first-order valence-corrected chi connectivity index (χ1v) is 8.06. The van der Waals surface area contributed by atoms with Gasteiger partial charge in [-0.3, -0.25) is 4.79 Å². The summed E-state index contributed by atoms with van der Waals surface area (Å²) in [4.78, 5) is 18.8. The molecule has 0 saturated carbocycles. The van der Waals surface area contributed by atoms with Crippen LogP contribution in [0.3, 0.4) is 0 Å². The highest BCUT2D eigenvalue weighted by Gasteiger charge is 2.17. The summed E-state index contributed by atoms with van der Waals surface area (Å²) in [6.07, 6.45) is 2.31. The fourth-order valence-electron chi connectivity index (χ4n) is 2.69. The van der Waals surface area contributed by atoms with Gasteiger partial charge in [0.05, 0.1) is 10.2 Å². The molecule has 0 aliphatic carbocycles. The molecule has 3 N–H and O–H groups in total. The van der Waals surface area contributed by atoms with Gasteiger partial charge in [0.15, 0.2) is 5.13 Å². The number of nitrogens with zero attached hydrogens (tertiary/aromatic N) is 2. The third-order valence-electron chi connectivity index (χ3n) is 4.06. The van der Waals surface area contributed by atoms with E-state index in [0.29, 0.717) is 16.6 Å². The quantitative estimate of drug-likeness (QED) is 0.909. The SMILES string of the molecule is CN1CCC(CNC(=O)c2ccc3nc(N)sc3c2)CC1. The zero-order chi connectivity index (χ0) is 14.8. The van der Waals surface area contributed by atoms with E-state index < -0.39 is 0 Å². The van der Waals surface area contributed by atoms with Crippen LogP contribution in [0.1, 0.15) is 23.2 Å². The molecule has 112 valence electrons. The number of fused-ring (bicyclic) bond motifs is 1. The van der Waals surface area contributed by atoms with E-state index in [1.165, 1.54) is 11.3 Å². The van der Waals surface area contributed by atoms with E-state index in [0.717, 1.165) is 42.7 Å². The lowest BCUT2D eigenvalue weighted by molar-refractivity contribution is 0.0939. The lowest BCUT2D eigenvalue weighted by Crippen LogP contribution is -2.36. The molecule has 21 heavy (non-hydrogen) atoms. The van der Waals surface area contributed by atoms with Crippen molar-refractivity contribution >= 4 is 32.6 Å². The predicted molar refractivity (Wildman–Crippen MR) is 86.6 cm³/mol. The summed E-state index contributed by atoms with van der Waals surface area (Å²) in [5.41, 5.74) is 7.22. The number of carbonyl (C=O) groups is 1. The van der Waals surface area contributed by atoms with E-state index in [9.17, 15) is 4.79 Å². The number of nitrogens with two attached hydrogens (primary N) is 1. The van der Waals surface area contributed by atoms with Crippen molar-refractivity contribution in [2.45, 2.75) is 12.8 Å². The number of anilines is 1. The molecule has 0 atom stereocenters. The van der Waals surface area contributed by atoms with Gasteiger partial charge in [0.25, 0.3) is 5.91 Å². The Bertz CT molecular complexity index is 646. The van der Waals surface area contributed by atoms with Gasteiger partial charge < -0.3 is 16.0 Å². The second-order valence-electron chi connectivity index (χ2n) is 5.69. The van der Waals surface area contributed by atoms with Crippen LogP contribution in [0.25, 0.3) is 10.2 Å². The highest BCUT2D eigenvalue weighted by Crippen LogP contribution is 2.24. The second kappa shape index (κ2) is 5.99. The minimum absolute atomic E-state index is 0.0113. The largest absolute Gasteiger partial charge is 0.375 e. The van der Waals surface area contributed by atoms with Gasteiger partial charge in [-0.1, -0.05) is 11.3 Å². The normalized spacial score (nSPS) is 17.2. The molecule has 1 aliphatic rings. The molecule has 0 bridgehead atoms. The smallest absolute Gasteiger partial charge is 0.251 e. The van der Waals surface area contributed by atoms with E-state index in [4.69, 9.17) is 5.73 Å². The minimum Gasteiger partial charge on any atom is -0.375 e. The number of carbonyl (C=O) groups excluding carboxylic acids is 1. The summed E-state index contributed by atoms with van der Waals surface area (Å²) in [5.74, 6) is 0.579. The molecule has 1 aromatic heterocycles. The van der Waals surface area contributed by atoms with Crippen LogP contribution in [0, 0.1) is 5.92 Å². The van der Waals surface area contributed by atoms with Crippen LogP contribution >= 0.6 is 11.3 Å². The van der Waals surface area contributed by atoms with E-state index in [1.54, 1.807) is 0 Å². The van der Waals surface area contributed by atoms with Gasteiger partial charge >= 0.3 is 0 Å². The molecule has 1 amide bonds. The summed E-state index contributed by atoms with van der Waals surface area (Å²) < 4.78 is 0.958. The summed E-state index contributed by atoms with van der Waals surface area (Å²) in [5, 5.41) is 3.59. The standard InChI is InChI=1S/C15H20N4OS/c1-19-6-4-10(5-7-19)9-17-14(20)11-2-3-12-13(8-11)21-15(16)18-12/h2-3,8,10H,4-7,9H2,1H3,(H2,16,18)(H,17,20). The van der Waals surface area contributed by atoms with Crippen LogP contribution in [0.5, 0.6) is 0 Å². The van der Waals surface area contributed by atoms with Crippen molar-refractivity contribution in [3.63, 3.8) is 0 Å². The number of nitrogen functional groups attached to an aromatic ring is 1. The zero-order valence-electron chi connectivity index (χ0n) is 12.1. The van der Waals surface area contributed by atoms with Crippen molar-refractivity contribution in [2.24, 2.45) is 5.92 Å². The molecule has 2 heterocycles. The summed E-state index contributed by atoms with van der Waals surface area (Å²) in [7, 11) is 2.14. The van der Waals surface area contributed by atoms with Gasteiger partial charge in [0.1, 0.15) is 0 Å². The first-order valence-electron chi connectivity index (χ1n) is 7.24. The number of benzene rings is 1. The van der Waals surface area contributed by atoms with Crippen LogP contribution < -0.4 is 11.1 Å². The van der Waals surface area contributed by atoms with E-state index in [2.05, 4.69) is 22.2 Å². The number of rotatable bonds is 3. The van der Waals surface area contributed by atoms with Gasteiger partial charge in [-0.2, -0.15) is 0 Å². The highest BCUT2D eigenvalue weighted by molar-refractivity contribution is 7.22. The Kier molecular flexibility index (Phi) is 4.07. The summed E-state index contributed by atoms with van der Waals surface area (Å²) in [6.45, 7) is 2.99. The van der Waals surface area contributed by atoms with Gasteiger partial charge in [-0.15, -0.1) is 0 Å². The highest BCUT2D eigenvalue weighted by atomic mass is 32.1. The zero-order valence-corrected chi connectivity index (χ0v) is 12.9. The molecule has 1 aromatic carbocycles. The minimum atomic E-state index is -0.0113. The molecule has 6 heteroatoms. The molecule has 0 unspecified atom stereocenters. The van der Waals surface area contributed by atoms with Crippen molar-refractivity contribution in [2.75, 3.05) is 32.4 Å². The molecule has 0 radical (unpaired) electrons. The molecule has 5 nitrogen and oxygen atoms in total. The van der Waals surface area contributed by atoms with Gasteiger partial charge in [-0.25, -0.2) is 4.98 Å². The molecule has 0 spiro atoms. The first-order chi connectivity index (χ1) is 10.1. The Morgan fingerprint density at radius 3 is 3.00 bits per heavy atom. The average Bonchev–Trinajstić information content (AvgIpc) is 2.85. The number of amides is 1. The van der Waals surface area contributed by atoms with Crippen LogP contribution in [-0.2, 0) is 0 Å². The van der Waals surface area contributed by atoms with Crippen molar-refractivity contribution in [3.8, 4) is 0 Å². The van der Waals surface area contributed by atoms with Crippen molar-refractivity contribution in [1.82, 2.24) is 15.2 Å². The molecule has 1 fully saturated rings. The number of nitrogens with one attached hydrogen (secondary N) is 1. The molecule has 2 aromatic rings. The van der Waals surface area contributed by atoms with Crippen LogP contribution in [0.4, 0.5) is 5.13 Å². The fourth-order valence-corrected chi connectivity index (χ4v) is 3.46. The van der Waals surface area contributed by atoms with E-state index in [1.807, 2.05) is 18.2 Å². The Balaban J connectivity index is 1.61. The number of aromatic nitrogens is 1. The van der Waals surface area contributed by atoms with Gasteiger partial charge in [-0.05, 0) is 57.1 Å². The predicted octanol–water partition coefficient (Wildman–Crippen LogP) is 1.95. The van der Waals surface area contributed by atoms with Crippen molar-refractivity contribution in [3.05, 3.63) is 23.8 Å². The summed E-state index contributed by atoms with van der Waals surface area (Å²) >= 11 is 1.41. The Labute approximate surface area is 128 Å². The lowest BCUT2D eigenvalue weighted by Gasteiger charge is -2.28. The van der Waals surface area contributed by atoms with E-state index >= 15 is 0 Å². The van der Waals surface area contributed by atoms with Crippen molar-refractivity contribution in [1.29, 1.82) is 0 Å². The third kappa shape index (κ3) is 3.33. The topological polar surface area (TPSA) is 71.2 Å². The third-order valence-corrected chi connectivity index (χ3v) is 4.90. The maximum absolute atomic E-state index is 12.2. The van der Waals surface area contributed by atoms with Crippen LogP contribution in [0.15, 0.2) is 18.2 Å². The van der Waals surface area contributed by atoms with Crippen LogP contribution in [0.2, 0.25) is 0 Å². The maximum atomic E-state index is 12.2. The molecular weight excluding hydrogens is 284 g/mol. The number of thiazole rings is 1. The maximum Gasteiger partial charge on any atom is 0.251 e. The Morgan fingerprint density at radius 2 is 2.24 bits per heavy atom. The van der Waals surface area contributed by atoms with Gasteiger partial charge in [0, 0.05) is 12.1 Å². The number of hydrogen-bond acceptors (Lipinski definition) is 5. The fraction of sp³-hybridized carbons (Fsp3) is 0.467. The summed E-state index contributed by atoms with van der Waals surface area (Å²) in [6, 6.07) is 5.53. The molecular formula is C15H20N4OS. The van der Waals surface area contributed by atoms with Crippen LogP contribution in [-0.4, -0.2) is 42.5 Å². The lowest BCUT2D eigenvalue weighted by atomic mass is 9.97. The molecule has 1 saturated heterocycles. The molecule has 3 rings (SSSR count). The Morgan fingerprint density at radius 1 is 1.48 bits per heavy atom. The number of likely N-dealkylation sites (tertiary alicyclic amines) is 1. The number of hydrogen-bond donors (Lipinski definition) is 2. The monoisotopic (exact) mass is 304 g/mol. The first kappa shape index (κ1) is 14.3. The molecule has 1 aliphatic heterocycles. The van der Waals surface area contributed by atoms with E-state index in [-0.39, 0.29) is 5.91 Å².